The van der Waals surface area contributed by atoms with Crippen LogP contribution < -0.4 is 5.32 Å². The van der Waals surface area contributed by atoms with Gasteiger partial charge in [-0.1, -0.05) is 48.0 Å². The maximum atomic E-state index is 3.13. The van der Waals surface area contributed by atoms with E-state index < -0.39 is 0 Å². The highest BCUT2D eigenvalue weighted by Crippen LogP contribution is 2.33. The van der Waals surface area contributed by atoms with Crippen molar-refractivity contribution < 1.29 is 0 Å². The maximum absolute atomic E-state index is 3.13. The number of nitrogens with one attached hydrogen (secondary N) is 1. The molecule has 0 aromatic carbocycles. The summed E-state index contributed by atoms with van der Waals surface area (Å²) >= 11 is 0. The van der Waals surface area contributed by atoms with Gasteiger partial charge in [0, 0.05) is 0 Å². The first-order valence-electron chi connectivity index (χ1n) is 8.93. The molecule has 2 fully saturated rings. The Bertz CT molecular complexity index is 180. The Morgan fingerprint density at radius 1 is 1.05 bits per heavy atom. The predicted molar refractivity (Wildman–Crippen MR) is 94.5 cm³/mol. The van der Waals surface area contributed by atoms with E-state index >= 15 is 0 Å². The molecule has 0 aromatic heterocycles. The van der Waals surface area contributed by atoms with E-state index in [2.05, 4.69) is 31.1 Å². The number of hydrogen-bond donors (Lipinski definition) is 1. The summed E-state index contributed by atoms with van der Waals surface area (Å²) < 4.78 is 0. The Hall–Kier alpha value is -0.0800. The second kappa shape index (κ2) is 13.9. The fourth-order valence-corrected chi connectivity index (χ4v) is 2.12. The van der Waals surface area contributed by atoms with Gasteiger partial charge in [0.25, 0.3) is 0 Å². The lowest BCUT2D eigenvalue weighted by atomic mass is 9.78. The van der Waals surface area contributed by atoms with Gasteiger partial charge in [0.1, 0.15) is 0 Å². The van der Waals surface area contributed by atoms with Crippen molar-refractivity contribution in [2.45, 2.75) is 73.6 Å². The molecule has 1 saturated heterocycles. The van der Waals surface area contributed by atoms with E-state index in [-0.39, 0.29) is 0 Å². The highest BCUT2D eigenvalue weighted by Gasteiger charge is 2.26. The molecule has 0 unspecified atom stereocenters. The van der Waals surface area contributed by atoms with Crippen LogP contribution in [-0.2, 0) is 0 Å². The van der Waals surface area contributed by atoms with Crippen molar-refractivity contribution >= 4 is 0 Å². The van der Waals surface area contributed by atoms with Crippen LogP contribution in [0.1, 0.15) is 73.6 Å². The zero-order valence-electron chi connectivity index (χ0n) is 15.7. The molecular weight excluding hydrogens is 244 g/mol. The van der Waals surface area contributed by atoms with Gasteiger partial charge in [0.15, 0.2) is 0 Å². The van der Waals surface area contributed by atoms with Gasteiger partial charge in [-0.2, -0.15) is 0 Å². The van der Waals surface area contributed by atoms with Crippen molar-refractivity contribution in [2.75, 3.05) is 33.7 Å². The molecule has 0 radical (unpaired) electrons. The molecule has 1 saturated carbocycles. The van der Waals surface area contributed by atoms with E-state index in [9.17, 15) is 0 Å². The molecule has 0 bridgehead atoms. The predicted octanol–water partition coefficient (Wildman–Crippen LogP) is 4.80. The molecule has 20 heavy (non-hydrogen) atoms. The molecule has 2 rings (SSSR count). The minimum atomic E-state index is 0.659. The number of likely N-dealkylation sites (tertiary alicyclic amines) is 1. The third-order valence-corrected chi connectivity index (χ3v) is 4.24. The molecular formula is C18H42N2. The van der Waals surface area contributed by atoms with Crippen LogP contribution in [0.2, 0.25) is 0 Å². The first kappa shape index (κ1) is 22.2. The zero-order valence-corrected chi connectivity index (χ0v) is 15.7. The van der Waals surface area contributed by atoms with Gasteiger partial charge >= 0.3 is 0 Å². The van der Waals surface area contributed by atoms with Crippen LogP contribution in [0.3, 0.4) is 0 Å². The van der Waals surface area contributed by atoms with Crippen molar-refractivity contribution in [1.82, 2.24) is 10.2 Å². The van der Waals surface area contributed by atoms with Crippen molar-refractivity contribution in [2.24, 2.45) is 11.3 Å². The standard InChI is InChI=1S/C9H19N.C5H11N.2C2H6/c1-4-9(2)5-7-10(3)8-6-9;1-6-4-5-2-3-5;2*1-2/h4-8H2,1-3H3;5-6H,2-4H2,1H3;2*1-2H3. The van der Waals surface area contributed by atoms with Gasteiger partial charge in [-0.05, 0) is 70.7 Å². The summed E-state index contributed by atoms with van der Waals surface area (Å²) in [5, 5.41) is 3.13. The van der Waals surface area contributed by atoms with Crippen LogP contribution >= 0.6 is 0 Å². The Morgan fingerprint density at radius 2 is 1.50 bits per heavy atom. The van der Waals surface area contributed by atoms with Gasteiger partial charge in [0.05, 0.1) is 0 Å². The molecule has 1 aliphatic heterocycles. The Balaban J connectivity index is 0. The molecule has 0 amide bonds. The maximum Gasteiger partial charge on any atom is -0.00166 e. The molecule has 0 aromatic rings. The van der Waals surface area contributed by atoms with Gasteiger partial charge < -0.3 is 10.2 Å². The molecule has 0 spiro atoms. The second-order valence-corrected chi connectivity index (χ2v) is 5.97. The smallest absolute Gasteiger partial charge is 0.00166 e. The summed E-state index contributed by atoms with van der Waals surface area (Å²) in [7, 11) is 4.23. The van der Waals surface area contributed by atoms with Gasteiger partial charge in [-0.3, -0.25) is 0 Å². The number of nitrogens with zero attached hydrogens (tertiary/aromatic N) is 1. The van der Waals surface area contributed by atoms with Crippen LogP contribution in [0.15, 0.2) is 0 Å². The van der Waals surface area contributed by atoms with Crippen LogP contribution in [0, 0.1) is 11.3 Å². The topological polar surface area (TPSA) is 15.3 Å². The third kappa shape index (κ3) is 11.7. The lowest BCUT2D eigenvalue weighted by Crippen LogP contribution is -2.35. The second-order valence-electron chi connectivity index (χ2n) is 5.97. The Labute approximate surface area is 129 Å². The summed E-state index contributed by atoms with van der Waals surface area (Å²) in [5.41, 5.74) is 0.659. The minimum absolute atomic E-state index is 0.659. The van der Waals surface area contributed by atoms with E-state index in [1.54, 1.807) is 0 Å². The molecule has 2 aliphatic rings. The van der Waals surface area contributed by atoms with Crippen LogP contribution in [0.25, 0.3) is 0 Å². The molecule has 1 N–H and O–H groups in total. The SMILES string of the molecule is CC.CC.CCC1(C)CCN(C)CC1.CNCC1CC1. The molecule has 2 heteroatoms. The first-order chi connectivity index (χ1) is 9.59. The minimum Gasteiger partial charge on any atom is -0.319 e. The summed E-state index contributed by atoms with van der Waals surface area (Å²) in [6.45, 7) is 16.6. The summed E-state index contributed by atoms with van der Waals surface area (Å²) in [5.74, 6) is 1.04. The quantitative estimate of drug-likeness (QED) is 0.802. The van der Waals surface area contributed by atoms with E-state index in [1.165, 1.54) is 51.7 Å². The lowest BCUT2D eigenvalue weighted by Gasteiger charge is -2.37. The van der Waals surface area contributed by atoms with Gasteiger partial charge in [0.2, 0.25) is 0 Å². The summed E-state index contributed by atoms with van der Waals surface area (Å²) in [6.07, 6.45) is 7.04. The van der Waals surface area contributed by atoms with Gasteiger partial charge in [-0.25, -0.2) is 0 Å². The summed E-state index contributed by atoms with van der Waals surface area (Å²) in [6, 6.07) is 0. The van der Waals surface area contributed by atoms with E-state index in [1.807, 2.05) is 34.7 Å². The van der Waals surface area contributed by atoms with E-state index in [0.717, 1.165) is 5.92 Å². The van der Waals surface area contributed by atoms with Crippen LogP contribution in [-0.4, -0.2) is 38.6 Å². The fraction of sp³-hybridized carbons (Fsp3) is 1.00. The number of rotatable bonds is 3. The first-order valence-corrected chi connectivity index (χ1v) is 8.93. The lowest BCUT2D eigenvalue weighted by molar-refractivity contribution is 0.135. The average molecular weight is 287 g/mol. The number of hydrogen-bond acceptors (Lipinski definition) is 2. The zero-order chi connectivity index (χ0) is 16.0. The van der Waals surface area contributed by atoms with Gasteiger partial charge in [-0.15, -0.1) is 0 Å². The monoisotopic (exact) mass is 286 g/mol. The molecule has 0 atom stereocenters. The molecule has 1 heterocycles. The highest BCUT2D eigenvalue weighted by molar-refractivity contribution is 4.79. The molecule has 1 aliphatic carbocycles. The van der Waals surface area contributed by atoms with Crippen LogP contribution in [0.4, 0.5) is 0 Å². The third-order valence-electron chi connectivity index (χ3n) is 4.24. The Morgan fingerprint density at radius 3 is 1.75 bits per heavy atom. The normalized spacial score (nSPS) is 20.4. The van der Waals surface area contributed by atoms with Crippen molar-refractivity contribution in [3.63, 3.8) is 0 Å². The highest BCUT2D eigenvalue weighted by atomic mass is 15.1. The Kier molecular flexibility index (Phi) is 15.4. The van der Waals surface area contributed by atoms with Crippen molar-refractivity contribution in [1.29, 1.82) is 0 Å². The molecule has 124 valence electrons. The van der Waals surface area contributed by atoms with E-state index in [4.69, 9.17) is 0 Å². The number of piperidine rings is 1. The van der Waals surface area contributed by atoms with Crippen molar-refractivity contribution in [3.05, 3.63) is 0 Å². The van der Waals surface area contributed by atoms with Crippen LogP contribution in [0.5, 0.6) is 0 Å². The van der Waals surface area contributed by atoms with E-state index in [0.29, 0.717) is 5.41 Å². The largest absolute Gasteiger partial charge is 0.319 e. The molecule has 2 nitrogen and oxygen atoms in total. The van der Waals surface area contributed by atoms with Crippen molar-refractivity contribution in [3.8, 4) is 0 Å². The average Bonchev–Trinajstić information content (AvgIpc) is 3.32. The summed E-state index contributed by atoms with van der Waals surface area (Å²) in [4.78, 5) is 2.43. The fourth-order valence-electron chi connectivity index (χ4n) is 2.12.